The van der Waals surface area contributed by atoms with Gasteiger partial charge in [-0.05, 0) is 45.7 Å². The largest absolute Gasteiger partial charge is 0.444 e. The SMILES string of the molecule is Cc1cnc(F)c(C=CCCNC(=O)OC(C)(C)C)c1. The molecule has 0 unspecified atom stereocenters. The Hall–Kier alpha value is -1.91. The number of nitrogens with zero attached hydrogens (tertiary/aromatic N) is 1. The van der Waals surface area contributed by atoms with Crippen LogP contribution in [0.3, 0.4) is 0 Å². The first-order chi connectivity index (χ1) is 9.28. The van der Waals surface area contributed by atoms with Crippen molar-refractivity contribution in [2.75, 3.05) is 6.54 Å². The molecular formula is C15H21FN2O2. The van der Waals surface area contributed by atoms with Gasteiger partial charge in [-0.25, -0.2) is 9.78 Å². The first kappa shape index (κ1) is 16.1. The summed E-state index contributed by atoms with van der Waals surface area (Å²) in [4.78, 5) is 15.0. The lowest BCUT2D eigenvalue weighted by molar-refractivity contribution is 0.0529. The summed E-state index contributed by atoms with van der Waals surface area (Å²) in [6.45, 7) is 7.71. The van der Waals surface area contributed by atoms with Crippen molar-refractivity contribution in [2.24, 2.45) is 0 Å². The average molecular weight is 280 g/mol. The Morgan fingerprint density at radius 3 is 2.85 bits per heavy atom. The number of carbonyl (C=O) groups excluding carboxylic acids is 1. The monoisotopic (exact) mass is 280 g/mol. The molecule has 110 valence electrons. The van der Waals surface area contributed by atoms with Gasteiger partial charge in [-0.2, -0.15) is 4.39 Å². The molecule has 1 aromatic heterocycles. The number of ether oxygens (including phenoxy) is 1. The number of hydrogen-bond donors (Lipinski definition) is 1. The lowest BCUT2D eigenvalue weighted by atomic mass is 10.2. The Labute approximate surface area is 119 Å². The molecular weight excluding hydrogens is 259 g/mol. The molecule has 0 spiro atoms. The van der Waals surface area contributed by atoms with Crippen LogP contribution >= 0.6 is 0 Å². The zero-order valence-corrected chi connectivity index (χ0v) is 12.4. The van der Waals surface area contributed by atoms with E-state index in [9.17, 15) is 9.18 Å². The smallest absolute Gasteiger partial charge is 0.407 e. The van der Waals surface area contributed by atoms with Crippen molar-refractivity contribution in [3.8, 4) is 0 Å². The van der Waals surface area contributed by atoms with Gasteiger partial charge < -0.3 is 10.1 Å². The Morgan fingerprint density at radius 2 is 2.20 bits per heavy atom. The molecule has 1 rings (SSSR count). The maximum absolute atomic E-state index is 13.3. The van der Waals surface area contributed by atoms with Gasteiger partial charge in [0.05, 0.1) is 0 Å². The van der Waals surface area contributed by atoms with Crippen LogP contribution in [-0.2, 0) is 4.74 Å². The molecule has 4 nitrogen and oxygen atoms in total. The quantitative estimate of drug-likeness (QED) is 0.679. The minimum absolute atomic E-state index is 0.437. The molecule has 5 heteroatoms. The van der Waals surface area contributed by atoms with E-state index >= 15 is 0 Å². The minimum atomic E-state index is -0.504. The van der Waals surface area contributed by atoms with Crippen LogP contribution in [-0.4, -0.2) is 23.2 Å². The lowest BCUT2D eigenvalue weighted by Crippen LogP contribution is -2.32. The second kappa shape index (κ2) is 7.03. The van der Waals surface area contributed by atoms with Gasteiger partial charge in [-0.1, -0.05) is 12.2 Å². The van der Waals surface area contributed by atoms with Gasteiger partial charge in [0.25, 0.3) is 0 Å². The fraction of sp³-hybridized carbons (Fsp3) is 0.467. The number of aryl methyl sites for hydroxylation is 1. The van der Waals surface area contributed by atoms with E-state index in [2.05, 4.69) is 10.3 Å². The second-order valence-electron chi connectivity index (χ2n) is 5.51. The first-order valence-electron chi connectivity index (χ1n) is 6.53. The average Bonchev–Trinajstić information content (AvgIpc) is 2.30. The summed E-state index contributed by atoms with van der Waals surface area (Å²) in [6, 6.07) is 1.72. The van der Waals surface area contributed by atoms with Crippen molar-refractivity contribution in [1.29, 1.82) is 0 Å². The maximum atomic E-state index is 13.3. The van der Waals surface area contributed by atoms with E-state index in [1.165, 1.54) is 6.20 Å². The Kier molecular flexibility index (Phi) is 5.67. The normalized spacial score (nSPS) is 11.7. The van der Waals surface area contributed by atoms with Gasteiger partial charge in [0.15, 0.2) is 0 Å². The van der Waals surface area contributed by atoms with Crippen LogP contribution in [0.1, 0.15) is 38.3 Å². The third-order valence-electron chi connectivity index (χ3n) is 2.28. The van der Waals surface area contributed by atoms with E-state index < -0.39 is 17.6 Å². The van der Waals surface area contributed by atoms with E-state index in [4.69, 9.17) is 4.74 Å². The van der Waals surface area contributed by atoms with Crippen molar-refractivity contribution in [1.82, 2.24) is 10.3 Å². The summed E-state index contributed by atoms with van der Waals surface area (Å²) in [5, 5.41) is 2.63. The second-order valence-corrected chi connectivity index (χ2v) is 5.51. The molecule has 0 saturated heterocycles. The Balaban J connectivity index is 2.36. The molecule has 0 radical (unpaired) electrons. The highest BCUT2D eigenvalue weighted by atomic mass is 19.1. The summed E-state index contributed by atoms with van der Waals surface area (Å²) in [7, 11) is 0. The molecule has 0 atom stereocenters. The molecule has 1 heterocycles. The standard InChI is InChI=1S/C15H21FN2O2/c1-11-9-12(13(16)18-10-11)7-5-6-8-17-14(19)20-15(2,3)4/h5,7,9-10H,6,8H2,1-4H3,(H,17,19). The number of halogens is 1. The Bertz CT molecular complexity index is 493. The van der Waals surface area contributed by atoms with Crippen LogP contribution < -0.4 is 5.32 Å². The molecule has 1 amide bonds. The molecule has 1 N–H and O–H groups in total. The molecule has 0 saturated carbocycles. The van der Waals surface area contributed by atoms with Crippen LogP contribution in [0.5, 0.6) is 0 Å². The lowest BCUT2D eigenvalue weighted by Gasteiger charge is -2.19. The topological polar surface area (TPSA) is 51.2 Å². The third-order valence-corrected chi connectivity index (χ3v) is 2.28. The fourth-order valence-electron chi connectivity index (χ4n) is 1.47. The molecule has 0 fully saturated rings. The van der Waals surface area contributed by atoms with Gasteiger partial charge >= 0.3 is 6.09 Å². The van der Waals surface area contributed by atoms with Crippen LogP contribution in [0, 0.1) is 12.9 Å². The summed E-state index contributed by atoms with van der Waals surface area (Å²) in [5.41, 5.74) is 0.844. The van der Waals surface area contributed by atoms with Crippen LogP contribution in [0.4, 0.5) is 9.18 Å². The fourth-order valence-corrected chi connectivity index (χ4v) is 1.47. The number of hydrogen-bond acceptors (Lipinski definition) is 3. The van der Waals surface area contributed by atoms with E-state index in [1.54, 1.807) is 39.0 Å². The van der Waals surface area contributed by atoms with Gasteiger partial charge in [0.1, 0.15) is 5.60 Å². The Morgan fingerprint density at radius 1 is 1.50 bits per heavy atom. The van der Waals surface area contributed by atoms with E-state index in [1.807, 2.05) is 6.92 Å². The number of amides is 1. The van der Waals surface area contributed by atoms with Crippen LogP contribution in [0.25, 0.3) is 6.08 Å². The van der Waals surface area contributed by atoms with Crippen LogP contribution in [0.2, 0.25) is 0 Å². The van der Waals surface area contributed by atoms with Gasteiger partial charge in [0.2, 0.25) is 5.95 Å². The van der Waals surface area contributed by atoms with Crippen molar-refractivity contribution in [2.45, 2.75) is 39.7 Å². The van der Waals surface area contributed by atoms with Crippen molar-refractivity contribution >= 4 is 12.2 Å². The summed E-state index contributed by atoms with van der Waals surface area (Å²) in [5.74, 6) is -0.494. The van der Waals surface area contributed by atoms with E-state index in [-0.39, 0.29) is 0 Å². The summed E-state index contributed by atoms with van der Waals surface area (Å²) < 4.78 is 18.4. The number of nitrogens with one attached hydrogen (secondary N) is 1. The molecule has 0 aliphatic heterocycles. The van der Waals surface area contributed by atoms with Crippen molar-refractivity contribution in [3.05, 3.63) is 35.4 Å². The van der Waals surface area contributed by atoms with Crippen molar-refractivity contribution in [3.63, 3.8) is 0 Å². The summed E-state index contributed by atoms with van der Waals surface area (Å²) >= 11 is 0. The molecule has 0 aromatic carbocycles. The minimum Gasteiger partial charge on any atom is -0.444 e. The summed E-state index contributed by atoms with van der Waals surface area (Å²) in [6.07, 6.45) is 5.07. The highest BCUT2D eigenvalue weighted by molar-refractivity contribution is 5.67. The van der Waals surface area contributed by atoms with E-state index in [0.29, 0.717) is 18.5 Å². The predicted octanol–water partition coefficient (Wildman–Crippen LogP) is 3.46. The third kappa shape index (κ3) is 6.31. The molecule has 0 bridgehead atoms. The van der Waals surface area contributed by atoms with Gasteiger partial charge in [0, 0.05) is 18.3 Å². The number of aromatic nitrogens is 1. The van der Waals surface area contributed by atoms with Crippen LogP contribution in [0.15, 0.2) is 18.3 Å². The van der Waals surface area contributed by atoms with Gasteiger partial charge in [-0.3, -0.25) is 0 Å². The van der Waals surface area contributed by atoms with Crippen molar-refractivity contribution < 1.29 is 13.9 Å². The predicted molar refractivity (Wildman–Crippen MR) is 76.8 cm³/mol. The maximum Gasteiger partial charge on any atom is 0.407 e. The molecule has 20 heavy (non-hydrogen) atoms. The number of alkyl carbamates (subject to hydrolysis) is 1. The highest BCUT2D eigenvalue weighted by Gasteiger charge is 2.15. The molecule has 0 aliphatic rings. The molecule has 0 aliphatic carbocycles. The number of rotatable bonds is 4. The first-order valence-corrected chi connectivity index (χ1v) is 6.53. The zero-order chi connectivity index (χ0) is 15.2. The zero-order valence-electron chi connectivity index (χ0n) is 12.4. The number of carbonyl (C=O) groups is 1. The van der Waals surface area contributed by atoms with Gasteiger partial charge in [-0.15, -0.1) is 0 Å². The highest BCUT2D eigenvalue weighted by Crippen LogP contribution is 2.09. The van der Waals surface area contributed by atoms with E-state index in [0.717, 1.165) is 5.56 Å². The number of pyridine rings is 1. The molecule has 1 aromatic rings.